The highest BCUT2D eigenvalue weighted by molar-refractivity contribution is 5.98. The van der Waals surface area contributed by atoms with E-state index in [0.29, 0.717) is 17.9 Å². The van der Waals surface area contributed by atoms with E-state index in [2.05, 4.69) is 5.10 Å². The van der Waals surface area contributed by atoms with E-state index in [1.165, 1.54) is 10.9 Å². The van der Waals surface area contributed by atoms with Gasteiger partial charge in [-0.15, -0.1) is 0 Å². The highest BCUT2D eigenvalue weighted by atomic mass is 16.5. The SMILES string of the molecule is CCOc1ccccc1C(=O)Cn1ncn(C)c1=O. The Bertz CT molecular complexity index is 643. The molecule has 19 heavy (non-hydrogen) atoms. The zero-order valence-electron chi connectivity index (χ0n) is 10.9. The maximum absolute atomic E-state index is 12.2. The Morgan fingerprint density at radius 3 is 2.74 bits per heavy atom. The van der Waals surface area contributed by atoms with Gasteiger partial charge in [-0.1, -0.05) is 12.1 Å². The van der Waals surface area contributed by atoms with Crippen LogP contribution in [0.2, 0.25) is 0 Å². The van der Waals surface area contributed by atoms with Crippen molar-refractivity contribution in [3.8, 4) is 5.75 Å². The summed E-state index contributed by atoms with van der Waals surface area (Å²) >= 11 is 0. The fourth-order valence-corrected chi connectivity index (χ4v) is 1.73. The number of ketones is 1. The van der Waals surface area contributed by atoms with Crippen LogP contribution in [0.1, 0.15) is 17.3 Å². The van der Waals surface area contributed by atoms with Gasteiger partial charge < -0.3 is 4.74 Å². The lowest BCUT2D eigenvalue weighted by Crippen LogP contribution is -2.26. The van der Waals surface area contributed by atoms with Crippen molar-refractivity contribution in [2.45, 2.75) is 13.5 Å². The summed E-state index contributed by atoms with van der Waals surface area (Å²) in [4.78, 5) is 23.8. The number of para-hydroxylation sites is 1. The van der Waals surface area contributed by atoms with Crippen LogP contribution in [0.3, 0.4) is 0 Å². The molecule has 0 saturated heterocycles. The quantitative estimate of drug-likeness (QED) is 0.749. The second-order valence-corrected chi connectivity index (χ2v) is 4.03. The van der Waals surface area contributed by atoms with Crippen LogP contribution >= 0.6 is 0 Å². The molecule has 1 heterocycles. The molecule has 0 atom stereocenters. The van der Waals surface area contributed by atoms with Gasteiger partial charge in [0.25, 0.3) is 0 Å². The Hall–Kier alpha value is -2.37. The highest BCUT2D eigenvalue weighted by Crippen LogP contribution is 2.18. The number of hydrogen-bond acceptors (Lipinski definition) is 4. The molecule has 0 aliphatic carbocycles. The summed E-state index contributed by atoms with van der Waals surface area (Å²) in [6, 6.07) is 6.98. The Morgan fingerprint density at radius 2 is 2.11 bits per heavy atom. The molecule has 0 saturated carbocycles. The highest BCUT2D eigenvalue weighted by Gasteiger charge is 2.14. The average molecular weight is 261 g/mol. The molecule has 0 radical (unpaired) electrons. The van der Waals surface area contributed by atoms with Gasteiger partial charge in [0.1, 0.15) is 18.6 Å². The number of carbonyl (C=O) groups is 1. The molecule has 0 N–H and O–H groups in total. The standard InChI is InChI=1S/C13H15N3O3/c1-3-19-12-7-5-4-6-10(12)11(17)8-16-13(18)15(2)9-14-16/h4-7,9H,3,8H2,1-2H3. The number of rotatable bonds is 5. The number of aromatic nitrogens is 3. The monoisotopic (exact) mass is 261 g/mol. The lowest BCUT2D eigenvalue weighted by Gasteiger charge is -2.08. The van der Waals surface area contributed by atoms with E-state index >= 15 is 0 Å². The van der Waals surface area contributed by atoms with Crippen molar-refractivity contribution >= 4 is 5.78 Å². The Kier molecular flexibility index (Phi) is 3.79. The molecule has 6 heteroatoms. The van der Waals surface area contributed by atoms with Crippen LogP contribution in [0.25, 0.3) is 0 Å². The maximum atomic E-state index is 12.2. The lowest BCUT2D eigenvalue weighted by molar-refractivity contribution is 0.0962. The molecule has 100 valence electrons. The summed E-state index contributed by atoms with van der Waals surface area (Å²) in [5.41, 5.74) is 0.143. The molecule has 0 amide bonds. The van der Waals surface area contributed by atoms with Gasteiger partial charge in [0.05, 0.1) is 12.2 Å². The van der Waals surface area contributed by atoms with Crippen LogP contribution in [0.5, 0.6) is 5.75 Å². The minimum Gasteiger partial charge on any atom is -0.493 e. The molecule has 0 bridgehead atoms. The number of Topliss-reactive ketones (excluding diaryl/α,β-unsaturated/α-hetero) is 1. The van der Waals surface area contributed by atoms with Crippen molar-refractivity contribution in [3.63, 3.8) is 0 Å². The van der Waals surface area contributed by atoms with Gasteiger partial charge in [-0.3, -0.25) is 9.36 Å². The third-order valence-corrected chi connectivity index (χ3v) is 2.67. The molecule has 0 unspecified atom stereocenters. The smallest absolute Gasteiger partial charge is 0.345 e. The zero-order chi connectivity index (χ0) is 13.8. The van der Waals surface area contributed by atoms with Gasteiger partial charge >= 0.3 is 5.69 Å². The molecule has 0 aliphatic rings. The Labute approximate surface area is 110 Å². The van der Waals surface area contributed by atoms with Crippen molar-refractivity contribution in [1.82, 2.24) is 14.3 Å². The van der Waals surface area contributed by atoms with E-state index in [9.17, 15) is 9.59 Å². The molecule has 0 spiro atoms. The van der Waals surface area contributed by atoms with Crippen molar-refractivity contribution in [1.29, 1.82) is 0 Å². The third kappa shape index (κ3) is 2.73. The third-order valence-electron chi connectivity index (χ3n) is 2.67. The van der Waals surface area contributed by atoms with Crippen molar-refractivity contribution in [2.75, 3.05) is 6.61 Å². The minimum atomic E-state index is -0.317. The van der Waals surface area contributed by atoms with Crippen LogP contribution in [0.4, 0.5) is 0 Å². The van der Waals surface area contributed by atoms with Gasteiger partial charge in [-0.2, -0.15) is 5.10 Å². The predicted octanol–water partition coefficient (Wildman–Crippen LogP) is 0.863. The van der Waals surface area contributed by atoms with Crippen LogP contribution in [0.15, 0.2) is 35.4 Å². The number of benzene rings is 1. The molecule has 2 aromatic rings. The van der Waals surface area contributed by atoms with Gasteiger partial charge in [-0.25, -0.2) is 9.48 Å². The van der Waals surface area contributed by atoms with E-state index < -0.39 is 0 Å². The fraction of sp³-hybridized carbons (Fsp3) is 0.308. The lowest BCUT2D eigenvalue weighted by atomic mass is 10.1. The van der Waals surface area contributed by atoms with Gasteiger partial charge in [-0.05, 0) is 19.1 Å². The molecular formula is C13H15N3O3. The van der Waals surface area contributed by atoms with Crippen LogP contribution in [-0.4, -0.2) is 26.7 Å². The van der Waals surface area contributed by atoms with Crippen molar-refractivity contribution < 1.29 is 9.53 Å². The second-order valence-electron chi connectivity index (χ2n) is 4.03. The van der Waals surface area contributed by atoms with E-state index in [0.717, 1.165) is 4.68 Å². The molecule has 6 nitrogen and oxygen atoms in total. The largest absolute Gasteiger partial charge is 0.493 e. The van der Waals surface area contributed by atoms with Gasteiger partial charge in [0.2, 0.25) is 0 Å². The fourth-order valence-electron chi connectivity index (χ4n) is 1.73. The molecular weight excluding hydrogens is 246 g/mol. The number of nitrogens with zero attached hydrogens (tertiary/aromatic N) is 3. The predicted molar refractivity (Wildman–Crippen MR) is 69.4 cm³/mol. The molecule has 0 aliphatic heterocycles. The van der Waals surface area contributed by atoms with Crippen molar-refractivity contribution in [3.05, 3.63) is 46.6 Å². The van der Waals surface area contributed by atoms with E-state index in [-0.39, 0.29) is 18.0 Å². The normalized spacial score (nSPS) is 10.4. The molecule has 0 fully saturated rings. The first-order chi connectivity index (χ1) is 9.13. The zero-order valence-corrected chi connectivity index (χ0v) is 10.9. The van der Waals surface area contributed by atoms with E-state index in [1.807, 2.05) is 6.92 Å². The van der Waals surface area contributed by atoms with Gasteiger partial charge in [0.15, 0.2) is 5.78 Å². The second kappa shape index (κ2) is 5.51. The van der Waals surface area contributed by atoms with Crippen LogP contribution < -0.4 is 10.4 Å². The average Bonchev–Trinajstić information content (AvgIpc) is 2.72. The van der Waals surface area contributed by atoms with Crippen molar-refractivity contribution in [2.24, 2.45) is 7.05 Å². The first-order valence-electron chi connectivity index (χ1n) is 5.97. The number of aryl methyl sites for hydroxylation is 1. The Morgan fingerprint density at radius 1 is 1.37 bits per heavy atom. The van der Waals surface area contributed by atoms with Gasteiger partial charge in [0, 0.05) is 7.05 Å². The summed E-state index contributed by atoms with van der Waals surface area (Å²) in [6.45, 7) is 2.24. The first-order valence-corrected chi connectivity index (χ1v) is 5.97. The minimum absolute atomic E-state index is 0.0935. The molecule has 2 rings (SSSR count). The summed E-state index contributed by atoms with van der Waals surface area (Å²) in [6.07, 6.45) is 1.38. The number of hydrogen-bond donors (Lipinski definition) is 0. The summed E-state index contributed by atoms with van der Waals surface area (Å²) in [7, 11) is 1.59. The molecule has 1 aromatic carbocycles. The molecule has 1 aromatic heterocycles. The summed E-state index contributed by atoms with van der Waals surface area (Å²) in [5.74, 6) is 0.323. The van der Waals surface area contributed by atoms with E-state index in [1.54, 1.807) is 31.3 Å². The summed E-state index contributed by atoms with van der Waals surface area (Å²) < 4.78 is 7.85. The van der Waals surface area contributed by atoms with Crippen LogP contribution in [0, 0.1) is 0 Å². The number of ether oxygens (including phenoxy) is 1. The van der Waals surface area contributed by atoms with E-state index in [4.69, 9.17) is 4.74 Å². The Balaban J connectivity index is 2.25. The maximum Gasteiger partial charge on any atom is 0.345 e. The van der Waals surface area contributed by atoms with Crippen LogP contribution in [-0.2, 0) is 13.6 Å². The summed E-state index contributed by atoms with van der Waals surface area (Å²) in [5, 5.41) is 3.86. The number of carbonyl (C=O) groups excluding carboxylic acids is 1. The first kappa shape index (κ1) is 13.1. The topological polar surface area (TPSA) is 66.1 Å².